The third-order valence-electron chi connectivity index (χ3n) is 3.65. The first-order valence-corrected chi connectivity index (χ1v) is 6.44. The molecule has 0 radical (unpaired) electrons. The summed E-state index contributed by atoms with van der Waals surface area (Å²) in [5.41, 5.74) is -0.0878. The number of carboxylic acid groups (broad SMARTS) is 1. The van der Waals surface area contributed by atoms with Gasteiger partial charge in [0.1, 0.15) is 0 Å². The highest BCUT2D eigenvalue weighted by Crippen LogP contribution is 2.49. The molecule has 1 N–H and O–H groups in total. The van der Waals surface area contributed by atoms with Crippen LogP contribution in [0.3, 0.4) is 0 Å². The Morgan fingerprint density at radius 1 is 1.26 bits per heavy atom. The van der Waals surface area contributed by atoms with Crippen molar-refractivity contribution in [3.05, 3.63) is 35.4 Å². The first-order valence-electron chi connectivity index (χ1n) is 6.44. The Hall–Kier alpha value is -1.45. The molecule has 4 heteroatoms. The van der Waals surface area contributed by atoms with Gasteiger partial charge in [-0.3, -0.25) is 4.79 Å². The summed E-state index contributed by atoms with van der Waals surface area (Å²) in [7, 11) is 0. The van der Waals surface area contributed by atoms with E-state index in [0.29, 0.717) is 19.3 Å². The molecule has 0 saturated heterocycles. The van der Waals surface area contributed by atoms with E-state index >= 15 is 0 Å². The van der Waals surface area contributed by atoms with Crippen molar-refractivity contribution in [1.29, 1.82) is 0 Å². The van der Waals surface area contributed by atoms with Crippen LogP contribution in [0, 0.1) is 11.3 Å². The van der Waals surface area contributed by atoms with Gasteiger partial charge in [-0.15, -0.1) is 0 Å². The molecule has 1 fully saturated rings. The van der Waals surface area contributed by atoms with Crippen LogP contribution in [0.5, 0.6) is 0 Å². The summed E-state index contributed by atoms with van der Waals surface area (Å²) in [4.78, 5) is 11.0. The maximum Gasteiger partial charge on any atom is 0.309 e. The smallest absolute Gasteiger partial charge is 0.309 e. The molecule has 0 aliphatic heterocycles. The Kier molecular flexibility index (Phi) is 3.37. The van der Waals surface area contributed by atoms with Crippen molar-refractivity contribution >= 4 is 5.97 Å². The Morgan fingerprint density at radius 2 is 1.79 bits per heavy atom. The van der Waals surface area contributed by atoms with Crippen molar-refractivity contribution in [2.45, 2.75) is 39.0 Å². The van der Waals surface area contributed by atoms with Crippen molar-refractivity contribution in [3.8, 4) is 0 Å². The topological polar surface area (TPSA) is 37.3 Å². The van der Waals surface area contributed by atoms with Crippen LogP contribution in [0.2, 0.25) is 0 Å². The molecule has 19 heavy (non-hydrogen) atoms. The number of carboxylic acids is 1. The minimum Gasteiger partial charge on any atom is -0.481 e. The number of alkyl halides is 2. The van der Waals surface area contributed by atoms with Crippen molar-refractivity contribution < 1.29 is 18.7 Å². The minimum absolute atomic E-state index is 0.0341. The second-order valence-electron chi connectivity index (χ2n) is 5.96. The Bertz CT molecular complexity index is 473. The average Bonchev–Trinajstić information content (AvgIpc) is 3.13. The van der Waals surface area contributed by atoms with Crippen molar-refractivity contribution in [1.82, 2.24) is 0 Å². The number of carbonyl (C=O) groups is 1. The van der Waals surface area contributed by atoms with Crippen LogP contribution in [-0.4, -0.2) is 11.1 Å². The summed E-state index contributed by atoms with van der Waals surface area (Å²) < 4.78 is 27.7. The lowest BCUT2D eigenvalue weighted by molar-refractivity contribution is -0.146. The highest BCUT2D eigenvalue weighted by molar-refractivity contribution is 5.74. The monoisotopic (exact) mass is 268 g/mol. The normalized spacial score (nSPS) is 16.4. The highest BCUT2D eigenvalue weighted by Gasteiger charge is 2.47. The molecule has 0 amide bonds. The van der Waals surface area contributed by atoms with Crippen LogP contribution in [0.4, 0.5) is 8.78 Å². The van der Waals surface area contributed by atoms with Gasteiger partial charge in [0.25, 0.3) is 5.92 Å². The zero-order valence-corrected chi connectivity index (χ0v) is 11.1. The third kappa shape index (κ3) is 2.94. The van der Waals surface area contributed by atoms with Gasteiger partial charge in [0.05, 0.1) is 5.41 Å². The van der Waals surface area contributed by atoms with Crippen LogP contribution in [0.25, 0.3) is 0 Å². The molecule has 104 valence electrons. The van der Waals surface area contributed by atoms with E-state index in [9.17, 15) is 13.6 Å². The van der Waals surface area contributed by atoms with E-state index in [1.54, 1.807) is 26.0 Å². The Morgan fingerprint density at radius 3 is 2.21 bits per heavy atom. The summed E-state index contributed by atoms with van der Waals surface area (Å²) in [5, 5.41) is 9.05. The summed E-state index contributed by atoms with van der Waals surface area (Å²) >= 11 is 0. The lowest BCUT2D eigenvalue weighted by Gasteiger charge is -2.20. The van der Waals surface area contributed by atoms with Gasteiger partial charge >= 0.3 is 5.97 Å². The van der Waals surface area contributed by atoms with Crippen LogP contribution in [0.1, 0.15) is 37.8 Å². The second-order valence-corrected chi connectivity index (χ2v) is 5.96. The third-order valence-corrected chi connectivity index (χ3v) is 3.65. The SMILES string of the molecule is CC(C)(Cc1ccc(C(F)(F)C2CC2)cc1)C(=O)O. The summed E-state index contributed by atoms with van der Waals surface area (Å²) in [5.74, 6) is -4.16. The Labute approximate surface area is 111 Å². The number of rotatable bonds is 5. The fraction of sp³-hybridized carbons (Fsp3) is 0.533. The number of aliphatic carboxylic acids is 1. The quantitative estimate of drug-likeness (QED) is 0.881. The molecule has 0 aromatic heterocycles. The largest absolute Gasteiger partial charge is 0.481 e. The molecule has 2 nitrogen and oxygen atoms in total. The van der Waals surface area contributed by atoms with Crippen LogP contribution in [-0.2, 0) is 17.1 Å². The highest BCUT2D eigenvalue weighted by atomic mass is 19.3. The summed E-state index contributed by atoms with van der Waals surface area (Å²) in [6, 6.07) is 6.06. The zero-order valence-electron chi connectivity index (χ0n) is 11.1. The van der Waals surface area contributed by atoms with E-state index in [4.69, 9.17) is 5.11 Å². The van der Waals surface area contributed by atoms with Crippen molar-refractivity contribution in [2.75, 3.05) is 0 Å². The Balaban J connectivity index is 2.13. The fourth-order valence-electron chi connectivity index (χ4n) is 2.11. The summed E-state index contributed by atoms with van der Waals surface area (Å²) in [6.45, 7) is 3.25. The molecule has 0 atom stereocenters. The van der Waals surface area contributed by atoms with Gasteiger partial charge in [-0.25, -0.2) is 8.78 Å². The maximum absolute atomic E-state index is 13.8. The first kappa shape index (κ1) is 14.0. The van der Waals surface area contributed by atoms with Gasteiger partial charge in [-0.2, -0.15) is 0 Å². The van der Waals surface area contributed by atoms with E-state index in [0.717, 1.165) is 5.56 Å². The molecule has 0 heterocycles. The van der Waals surface area contributed by atoms with Gasteiger partial charge in [0, 0.05) is 11.5 Å². The molecule has 1 aliphatic carbocycles. The molecule has 1 aliphatic rings. The minimum atomic E-state index is -2.75. The van der Waals surface area contributed by atoms with E-state index in [1.165, 1.54) is 12.1 Å². The molecule has 0 bridgehead atoms. The summed E-state index contributed by atoms with van der Waals surface area (Å²) in [6.07, 6.45) is 1.50. The fourth-order valence-corrected chi connectivity index (χ4v) is 2.11. The standard InChI is InChI=1S/C15H18F2O2/c1-14(2,13(18)19)9-10-3-5-11(6-4-10)15(16,17)12-7-8-12/h3-6,12H,7-9H2,1-2H3,(H,18,19). The maximum atomic E-state index is 13.8. The van der Waals surface area contributed by atoms with Gasteiger partial charge in [0.2, 0.25) is 0 Å². The van der Waals surface area contributed by atoms with Gasteiger partial charge in [-0.1, -0.05) is 24.3 Å². The lowest BCUT2D eigenvalue weighted by atomic mass is 9.85. The van der Waals surface area contributed by atoms with E-state index in [2.05, 4.69) is 0 Å². The number of halogens is 2. The predicted molar refractivity (Wildman–Crippen MR) is 68.2 cm³/mol. The van der Waals surface area contributed by atoms with Gasteiger partial charge in [-0.05, 0) is 38.7 Å². The average molecular weight is 268 g/mol. The second kappa shape index (κ2) is 4.58. The molecular formula is C15H18F2O2. The molecule has 1 aromatic rings. The van der Waals surface area contributed by atoms with Crippen LogP contribution < -0.4 is 0 Å². The van der Waals surface area contributed by atoms with Crippen LogP contribution >= 0.6 is 0 Å². The molecule has 0 unspecified atom stereocenters. The predicted octanol–water partition coefficient (Wildman–Crippen LogP) is 3.84. The lowest BCUT2D eigenvalue weighted by Crippen LogP contribution is -2.26. The van der Waals surface area contributed by atoms with Crippen molar-refractivity contribution in [3.63, 3.8) is 0 Å². The van der Waals surface area contributed by atoms with E-state index in [-0.39, 0.29) is 5.56 Å². The number of benzene rings is 1. The van der Waals surface area contributed by atoms with Gasteiger partial charge < -0.3 is 5.11 Å². The first-order chi connectivity index (χ1) is 8.73. The van der Waals surface area contributed by atoms with E-state index in [1.807, 2.05) is 0 Å². The molecule has 2 rings (SSSR count). The molecule has 0 spiro atoms. The number of hydrogen-bond acceptors (Lipinski definition) is 1. The zero-order chi connectivity index (χ0) is 14.3. The van der Waals surface area contributed by atoms with Crippen LogP contribution in [0.15, 0.2) is 24.3 Å². The number of hydrogen-bond donors (Lipinski definition) is 1. The van der Waals surface area contributed by atoms with E-state index < -0.39 is 23.2 Å². The molecule has 1 saturated carbocycles. The molecule has 1 aromatic carbocycles. The molecular weight excluding hydrogens is 250 g/mol. The van der Waals surface area contributed by atoms with Crippen molar-refractivity contribution in [2.24, 2.45) is 11.3 Å². The van der Waals surface area contributed by atoms with Gasteiger partial charge in [0.15, 0.2) is 0 Å².